The van der Waals surface area contributed by atoms with Gasteiger partial charge < -0.3 is 0 Å². The summed E-state index contributed by atoms with van der Waals surface area (Å²) >= 11 is 0. The molecule has 7 heteroatoms. The molecule has 2 N–H and O–H groups in total. The maximum absolute atomic E-state index is 11.5. The van der Waals surface area contributed by atoms with Crippen molar-refractivity contribution in [2.45, 2.75) is 11.3 Å². The van der Waals surface area contributed by atoms with Crippen LogP contribution >= 0.6 is 0 Å². The number of hydrogen-bond donors (Lipinski definition) is 2. The van der Waals surface area contributed by atoms with E-state index in [1.807, 2.05) is 12.1 Å². The van der Waals surface area contributed by atoms with E-state index in [1.54, 1.807) is 24.3 Å². The zero-order valence-corrected chi connectivity index (χ0v) is 12.3. The number of aromatic amines is 1. The highest BCUT2D eigenvalue weighted by Crippen LogP contribution is 2.22. The molecular weight excluding hydrogens is 302 g/mol. The van der Waals surface area contributed by atoms with Crippen molar-refractivity contribution in [3.8, 4) is 0 Å². The summed E-state index contributed by atoms with van der Waals surface area (Å²) in [5.41, 5.74) is 3.59. The first-order valence-corrected chi connectivity index (χ1v) is 7.93. The summed E-state index contributed by atoms with van der Waals surface area (Å²) < 4.78 is 32.4. The molecule has 1 aromatic heterocycles. The molecule has 0 radical (unpaired) electrons. The van der Waals surface area contributed by atoms with E-state index >= 15 is 0 Å². The molecule has 0 aliphatic rings. The molecule has 0 aliphatic carbocycles. The molecule has 0 fully saturated rings. The molecule has 3 rings (SSSR count). The second-order valence-corrected chi connectivity index (χ2v) is 6.26. The molecule has 0 atom stereocenters. The van der Waals surface area contributed by atoms with Crippen molar-refractivity contribution in [1.29, 1.82) is 0 Å². The van der Waals surface area contributed by atoms with E-state index in [9.17, 15) is 13.0 Å². The predicted molar refractivity (Wildman–Crippen MR) is 83.0 cm³/mol. The summed E-state index contributed by atoms with van der Waals surface area (Å²) in [6.07, 6.45) is 1.97. The van der Waals surface area contributed by atoms with E-state index < -0.39 is 10.1 Å². The summed E-state index contributed by atoms with van der Waals surface area (Å²) in [6, 6.07) is 10.2. The fourth-order valence-electron chi connectivity index (χ4n) is 2.33. The van der Waals surface area contributed by atoms with Gasteiger partial charge in [0.25, 0.3) is 10.1 Å². The van der Waals surface area contributed by atoms with Gasteiger partial charge in [0.05, 0.1) is 4.90 Å². The SMILES string of the molecule is C=Cc1ccc(S(=O)(=O)O)c(Cc2ccc3n[nH]nc3c2)c1. The highest BCUT2D eigenvalue weighted by atomic mass is 32.2. The summed E-state index contributed by atoms with van der Waals surface area (Å²) in [6.45, 7) is 3.67. The van der Waals surface area contributed by atoms with Crippen LogP contribution in [0.5, 0.6) is 0 Å². The number of benzene rings is 2. The van der Waals surface area contributed by atoms with Gasteiger partial charge in [0.15, 0.2) is 0 Å². The summed E-state index contributed by atoms with van der Waals surface area (Å²) in [5, 5.41) is 10.5. The van der Waals surface area contributed by atoms with Gasteiger partial charge in [-0.05, 0) is 41.3 Å². The van der Waals surface area contributed by atoms with E-state index in [2.05, 4.69) is 22.0 Å². The Labute approximate surface area is 127 Å². The summed E-state index contributed by atoms with van der Waals surface area (Å²) in [7, 11) is -4.28. The van der Waals surface area contributed by atoms with Crippen molar-refractivity contribution in [2.75, 3.05) is 0 Å². The first kappa shape index (κ1) is 14.4. The third-order valence-electron chi connectivity index (χ3n) is 3.37. The van der Waals surface area contributed by atoms with Gasteiger partial charge in [-0.3, -0.25) is 4.55 Å². The second-order valence-electron chi connectivity index (χ2n) is 4.87. The molecule has 6 nitrogen and oxygen atoms in total. The fourth-order valence-corrected chi connectivity index (χ4v) is 3.03. The average molecular weight is 315 g/mol. The third-order valence-corrected chi connectivity index (χ3v) is 4.33. The lowest BCUT2D eigenvalue weighted by Crippen LogP contribution is -2.04. The quantitative estimate of drug-likeness (QED) is 0.721. The molecule has 0 aliphatic heterocycles. The Morgan fingerprint density at radius 1 is 1.14 bits per heavy atom. The minimum absolute atomic E-state index is 0.0988. The van der Waals surface area contributed by atoms with Crippen LogP contribution in [0.4, 0.5) is 0 Å². The first-order valence-electron chi connectivity index (χ1n) is 6.49. The lowest BCUT2D eigenvalue weighted by atomic mass is 10.0. The Balaban J connectivity index is 2.07. The molecular formula is C15H13N3O3S. The van der Waals surface area contributed by atoms with Gasteiger partial charge in [-0.25, -0.2) is 0 Å². The van der Waals surface area contributed by atoms with E-state index in [0.717, 1.165) is 16.6 Å². The molecule has 0 spiro atoms. The van der Waals surface area contributed by atoms with Gasteiger partial charge in [0.1, 0.15) is 11.0 Å². The fraction of sp³-hybridized carbons (Fsp3) is 0.0667. The highest BCUT2D eigenvalue weighted by molar-refractivity contribution is 7.85. The van der Waals surface area contributed by atoms with Crippen LogP contribution in [-0.4, -0.2) is 28.4 Å². The van der Waals surface area contributed by atoms with Crippen molar-refractivity contribution >= 4 is 27.2 Å². The number of H-pyrrole nitrogens is 1. The van der Waals surface area contributed by atoms with E-state index in [-0.39, 0.29) is 4.90 Å². The smallest absolute Gasteiger partial charge is 0.282 e. The van der Waals surface area contributed by atoms with Gasteiger partial charge in [-0.1, -0.05) is 30.9 Å². The maximum Gasteiger partial charge on any atom is 0.294 e. The molecule has 0 saturated carbocycles. The zero-order chi connectivity index (χ0) is 15.7. The predicted octanol–water partition coefficient (Wildman–Crippen LogP) is 2.44. The monoisotopic (exact) mass is 315 g/mol. The second kappa shape index (κ2) is 5.36. The van der Waals surface area contributed by atoms with Gasteiger partial charge in [-0.15, -0.1) is 0 Å². The van der Waals surface area contributed by atoms with Crippen molar-refractivity contribution < 1.29 is 13.0 Å². The van der Waals surface area contributed by atoms with Crippen molar-refractivity contribution in [1.82, 2.24) is 15.4 Å². The first-order chi connectivity index (χ1) is 10.5. The van der Waals surface area contributed by atoms with Crippen LogP contribution in [0.3, 0.4) is 0 Å². The largest absolute Gasteiger partial charge is 0.294 e. The molecule has 112 valence electrons. The van der Waals surface area contributed by atoms with Crippen molar-refractivity contribution in [3.63, 3.8) is 0 Å². The Morgan fingerprint density at radius 3 is 2.64 bits per heavy atom. The highest BCUT2D eigenvalue weighted by Gasteiger charge is 2.16. The van der Waals surface area contributed by atoms with E-state index in [1.165, 1.54) is 6.07 Å². The maximum atomic E-state index is 11.5. The molecule has 3 aromatic rings. The lowest BCUT2D eigenvalue weighted by molar-refractivity contribution is 0.482. The van der Waals surface area contributed by atoms with Crippen LogP contribution in [0.2, 0.25) is 0 Å². The molecule has 0 bridgehead atoms. The standard InChI is InChI=1S/C15H13N3O3S/c1-2-10-4-6-15(22(19,20)21)12(7-10)8-11-3-5-13-14(9-11)17-18-16-13/h2-7,9H,1,8H2,(H,16,17,18)(H,19,20,21). The molecule has 2 aromatic carbocycles. The van der Waals surface area contributed by atoms with Crippen LogP contribution in [-0.2, 0) is 16.5 Å². The number of fused-ring (bicyclic) bond motifs is 1. The Kier molecular flexibility index (Phi) is 3.51. The van der Waals surface area contributed by atoms with Crippen LogP contribution in [0.25, 0.3) is 17.1 Å². The number of aromatic nitrogens is 3. The minimum atomic E-state index is -4.28. The molecule has 0 amide bonds. The van der Waals surface area contributed by atoms with Crippen LogP contribution in [0, 0.1) is 0 Å². The van der Waals surface area contributed by atoms with Crippen LogP contribution in [0.1, 0.15) is 16.7 Å². The Morgan fingerprint density at radius 2 is 1.91 bits per heavy atom. The number of nitrogens with one attached hydrogen (secondary N) is 1. The number of rotatable bonds is 4. The molecule has 22 heavy (non-hydrogen) atoms. The minimum Gasteiger partial charge on any atom is -0.282 e. The van der Waals surface area contributed by atoms with Crippen LogP contribution in [0.15, 0.2) is 47.9 Å². The summed E-state index contributed by atoms with van der Waals surface area (Å²) in [5.74, 6) is 0. The zero-order valence-electron chi connectivity index (χ0n) is 11.5. The lowest BCUT2D eigenvalue weighted by Gasteiger charge is -2.09. The summed E-state index contributed by atoms with van der Waals surface area (Å²) in [4.78, 5) is -0.0988. The Bertz CT molecular complexity index is 961. The Hall–Kier alpha value is -2.51. The van der Waals surface area contributed by atoms with Gasteiger partial charge in [0, 0.05) is 0 Å². The number of nitrogens with zero attached hydrogens (tertiary/aromatic N) is 2. The van der Waals surface area contributed by atoms with Gasteiger partial charge in [-0.2, -0.15) is 23.8 Å². The number of hydrogen-bond acceptors (Lipinski definition) is 4. The van der Waals surface area contributed by atoms with Gasteiger partial charge >= 0.3 is 0 Å². The van der Waals surface area contributed by atoms with E-state index in [0.29, 0.717) is 17.5 Å². The molecule has 1 heterocycles. The van der Waals surface area contributed by atoms with Gasteiger partial charge in [0.2, 0.25) is 0 Å². The normalized spacial score (nSPS) is 11.7. The molecule has 0 unspecified atom stereocenters. The third kappa shape index (κ3) is 2.76. The van der Waals surface area contributed by atoms with Crippen molar-refractivity contribution in [3.05, 3.63) is 59.7 Å². The average Bonchev–Trinajstić information content (AvgIpc) is 2.93. The molecule has 0 saturated heterocycles. The van der Waals surface area contributed by atoms with E-state index in [4.69, 9.17) is 0 Å². The van der Waals surface area contributed by atoms with Crippen molar-refractivity contribution in [2.24, 2.45) is 0 Å². The topological polar surface area (TPSA) is 95.9 Å². The van der Waals surface area contributed by atoms with Crippen LogP contribution < -0.4 is 0 Å².